The molecule has 184 valence electrons. The van der Waals surface area contributed by atoms with E-state index in [9.17, 15) is 14.7 Å². The number of likely N-dealkylation sites (tertiary alicyclic amines) is 1. The zero-order valence-electron chi connectivity index (χ0n) is 20.2. The average molecular weight is 485 g/mol. The lowest BCUT2D eigenvalue weighted by atomic mass is 9.91. The van der Waals surface area contributed by atoms with Gasteiger partial charge < -0.3 is 10.0 Å². The van der Waals surface area contributed by atoms with Crippen molar-refractivity contribution in [3.05, 3.63) is 71.0 Å². The van der Waals surface area contributed by atoms with Crippen LogP contribution in [0.5, 0.6) is 0 Å². The Bertz CT molecular complexity index is 1490. The number of fused-ring (bicyclic) bond motifs is 1. The van der Waals surface area contributed by atoms with Gasteiger partial charge in [0.2, 0.25) is 5.91 Å². The number of benzene rings is 1. The van der Waals surface area contributed by atoms with Gasteiger partial charge in [-0.05, 0) is 62.4 Å². The monoisotopic (exact) mass is 484 g/mol. The minimum Gasteiger partial charge on any atom is -0.388 e. The minimum atomic E-state index is -1.05. The minimum absolute atomic E-state index is 0.142. The predicted molar refractivity (Wildman–Crippen MR) is 135 cm³/mol. The topological polar surface area (TPSA) is 106 Å². The maximum absolute atomic E-state index is 13.2. The van der Waals surface area contributed by atoms with Crippen LogP contribution in [0, 0.1) is 12.8 Å². The van der Waals surface area contributed by atoms with Crippen molar-refractivity contribution >= 4 is 16.9 Å². The summed E-state index contributed by atoms with van der Waals surface area (Å²) in [5.41, 5.74) is 3.00. The molecule has 9 heteroatoms. The average Bonchev–Trinajstić information content (AvgIpc) is 3.65. The number of hydrogen-bond acceptors (Lipinski definition) is 6. The van der Waals surface area contributed by atoms with Crippen molar-refractivity contribution in [2.75, 3.05) is 13.1 Å². The molecule has 2 aliphatic rings. The van der Waals surface area contributed by atoms with E-state index in [-0.39, 0.29) is 23.9 Å². The van der Waals surface area contributed by atoms with Crippen LogP contribution in [0.1, 0.15) is 31.2 Å². The van der Waals surface area contributed by atoms with E-state index in [1.807, 2.05) is 48.2 Å². The molecule has 0 unspecified atom stereocenters. The van der Waals surface area contributed by atoms with Crippen LogP contribution < -0.4 is 5.56 Å². The van der Waals surface area contributed by atoms with Crippen LogP contribution in [0.2, 0.25) is 0 Å². The summed E-state index contributed by atoms with van der Waals surface area (Å²) >= 11 is 0. The molecule has 1 aliphatic carbocycles. The van der Waals surface area contributed by atoms with Gasteiger partial charge >= 0.3 is 0 Å². The highest BCUT2D eigenvalue weighted by Crippen LogP contribution is 2.33. The Kier molecular flexibility index (Phi) is 5.44. The number of nitrogens with zero attached hydrogens (tertiary/aromatic N) is 6. The number of pyridine rings is 1. The highest BCUT2D eigenvalue weighted by Gasteiger charge is 2.39. The molecule has 1 saturated carbocycles. The number of aromatic nitrogens is 5. The lowest BCUT2D eigenvalue weighted by Gasteiger charge is -2.38. The van der Waals surface area contributed by atoms with E-state index in [0.717, 1.165) is 35.3 Å². The number of aliphatic hydroxyl groups is 1. The molecule has 2 fully saturated rings. The summed E-state index contributed by atoms with van der Waals surface area (Å²) in [5.74, 6) is 0.380. The van der Waals surface area contributed by atoms with E-state index in [1.54, 1.807) is 10.9 Å². The Morgan fingerprint density at radius 1 is 1.11 bits per heavy atom. The summed E-state index contributed by atoms with van der Waals surface area (Å²) in [7, 11) is 0. The van der Waals surface area contributed by atoms with Crippen LogP contribution in [0.3, 0.4) is 0 Å². The van der Waals surface area contributed by atoms with Crippen LogP contribution in [-0.4, -0.2) is 58.9 Å². The van der Waals surface area contributed by atoms with Gasteiger partial charge in [0.15, 0.2) is 5.65 Å². The molecule has 0 radical (unpaired) electrons. The SMILES string of the molecule is Cc1ccnc(-c2ccc(-n3ncc4c(=O)n(CC5(O)CCN(C(=O)C6CC6)CC5)cnc43)cc2)c1. The molecule has 0 bridgehead atoms. The molecule has 1 amide bonds. The maximum Gasteiger partial charge on any atom is 0.264 e. The van der Waals surface area contributed by atoms with Gasteiger partial charge in [-0.2, -0.15) is 5.10 Å². The number of rotatable bonds is 5. The largest absolute Gasteiger partial charge is 0.388 e. The number of carbonyl (C=O) groups is 1. The molecule has 4 aromatic rings. The fourth-order valence-electron chi connectivity index (χ4n) is 4.92. The fraction of sp³-hybridized carbons (Fsp3) is 0.370. The summed E-state index contributed by atoms with van der Waals surface area (Å²) in [6, 6.07) is 11.8. The first-order valence-corrected chi connectivity index (χ1v) is 12.4. The van der Waals surface area contributed by atoms with E-state index in [0.29, 0.717) is 37.0 Å². The molecule has 3 aromatic heterocycles. The Labute approximate surface area is 208 Å². The van der Waals surface area contributed by atoms with Crippen molar-refractivity contribution < 1.29 is 9.90 Å². The van der Waals surface area contributed by atoms with Crippen LogP contribution >= 0.6 is 0 Å². The van der Waals surface area contributed by atoms with E-state index >= 15 is 0 Å². The molecular weight excluding hydrogens is 456 g/mol. The van der Waals surface area contributed by atoms with Gasteiger partial charge in [-0.15, -0.1) is 0 Å². The van der Waals surface area contributed by atoms with E-state index in [2.05, 4.69) is 15.1 Å². The van der Waals surface area contributed by atoms with Crippen molar-refractivity contribution in [1.29, 1.82) is 0 Å². The third-order valence-electron chi connectivity index (χ3n) is 7.27. The number of aryl methyl sites for hydroxylation is 1. The smallest absolute Gasteiger partial charge is 0.264 e. The summed E-state index contributed by atoms with van der Waals surface area (Å²) in [4.78, 5) is 36.3. The van der Waals surface area contributed by atoms with Crippen molar-refractivity contribution in [3.63, 3.8) is 0 Å². The molecule has 1 aromatic carbocycles. The Morgan fingerprint density at radius 2 is 1.86 bits per heavy atom. The van der Waals surface area contributed by atoms with Gasteiger partial charge in [0.25, 0.3) is 5.56 Å². The van der Waals surface area contributed by atoms with Gasteiger partial charge in [0.1, 0.15) is 11.7 Å². The molecule has 1 saturated heterocycles. The maximum atomic E-state index is 13.2. The van der Waals surface area contributed by atoms with Crippen LogP contribution in [0.4, 0.5) is 0 Å². The summed E-state index contributed by atoms with van der Waals surface area (Å²) in [6.45, 7) is 3.21. The summed E-state index contributed by atoms with van der Waals surface area (Å²) in [6.07, 6.45) is 7.63. The normalized spacial score (nSPS) is 17.4. The second-order valence-electron chi connectivity index (χ2n) is 10.1. The van der Waals surface area contributed by atoms with Crippen LogP contribution in [0.15, 0.2) is 59.9 Å². The molecule has 9 nitrogen and oxygen atoms in total. The number of piperidine rings is 1. The van der Waals surface area contributed by atoms with E-state index < -0.39 is 5.60 Å². The lowest BCUT2D eigenvalue weighted by Crippen LogP contribution is -2.50. The van der Waals surface area contributed by atoms with E-state index in [1.165, 1.54) is 17.1 Å². The first-order chi connectivity index (χ1) is 17.4. The summed E-state index contributed by atoms with van der Waals surface area (Å²) in [5, 5.41) is 16.0. The Balaban J connectivity index is 1.21. The molecule has 0 spiro atoms. The van der Waals surface area contributed by atoms with Crippen molar-refractivity contribution in [2.45, 2.75) is 44.8 Å². The van der Waals surface area contributed by atoms with Gasteiger partial charge in [-0.25, -0.2) is 9.67 Å². The number of hydrogen-bond donors (Lipinski definition) is 1. The predicted octanol–water partition coefficient (Wildman–Crippen LogP) is 2.72. The van der Waals surface area contributed by atoms with Gasteiger partial charge in [0.05, 0.1) is 29.7 Å². The first kappa shape index (κ1) is 22.6. The zero-order valence-corrected chi connectivity index (χ0v) is 20.2. The van der Waals surface area contributed by atoms with Crippen molar-refractivity contribution in [2.24, 2.45) is 5.92 Å². The van der Waals surface area contributed by atoms with Gasteiger partial charge in [0, 0.05) is 30.8 Å². The fourth-order valence-corrected chi connectivity index (χ4v) is 4.92. The van der Waals surface area contributed by atoms with Crippen LogP contribution in [0.25, 0.3) is 28.0 Å². The Hall–Kier alpha value is -3.85. The molecule has 1 N–H and O–H groups in total. The molecular formula is C27H28N6O3. The Morgan fingerprint density at radius 3 is 2.56 bits per heavy atom. The standard InChI is InChI=1S/C27H28N6O3/c1-18-8-11-28-23(14-18)19-4-6-21(7-5-19)33-24-22(15-30-33)26(35)32(17-29-24)16-27(36)9-12-31(13-10-27)25(34)20-2-3-20/h4-8,11,14-15,17,20,36H,2-3,9-10,12-13,16H2,1H3. The van der Waals surface area contributed by atoms with E-state index in [4.69, 9.17) is 0 Å². The van der Waals surface area contributed by atoms with Gasteiger partial charge in [-0.1, -0.05) is 12.1 Å². The van der Waals surface area contributed by atoms with Crippen LogP contribution in [-0.2, 0) is 11.3 Å². The first-order valence-electron chi connectivity index (χ1n) is 12.4. The third kappa shape index (κ3) is 4.19. The van der Waals surface area contributed by atoms with Crippen molar-refractivity contribution in [1.82, 2.24) is 29.2 Å². The molecule has 0 atom stereocenters. The molecule has 1 aliphatic heterocycles. The lowest BCUT2D eigenvalue weighted by molar-refractivity contribution is -0.137. The highest BCUT2D eigenvalue weighted by atomic mass is 16.3. The number of carbonyl (C=O) groups excluding carboxylic acids is 1. The third-order valence-corrected chi connectivity index (χ3v) is 7.27. The molecule has 6 rings (SSSR count). The number of amides is 1. The highest BCUT2D eigenvalue weighted by molar-refractivity contribution is 5.81. The molecule has 36 heavy (non-hydrogen) atoms. The zero-order chi connectivity index (χ0) is 24.9. The van der Waals surface area contributed by atoms with Crippen molar-refractivity contribution in [3.8, 4) is 16.9 Å². The molecule has 4 heterocycles. The van der Waals surface area contributed by atoms with Gasteiger partial charge in [-0.3, -0.25) is 19.1 Å². The second kappa shape index (κ2) is 8.67. The summed E-state index contributed by atoms with van der Waals surface area (Å²) < 4.78 is 3.10. The second-order valence-corrected chi connectivity index (χ2v) is 10.1. The quantitative estimate of drug-likeness (QED) is 0.467.